The lowest BCUT2D eigenvalue weighted by atomic mass is 9.93. The Morgan fingerprint density at radius 2 is 1.54 bits per heavy atom. The number of carbonyl (C=O) groups excluding carboxylic acids is 2. The number of alkyl halides is 3. The van der Waals surface area contributed by atoms with Gasteiger partial charge < -0.3 is 15.7 Å². The number of rotatable bonds is 4. The second-order valence-corrected chi connectivity index (χ2v) is 5.73. The molecule has 0 saturated carbocycles. The topological polar surface area (TPSA) is 78.4 Å². The van der Waals surface area contributed by atoms with Gasteiger partial charge in [-0.2, -0.15) is 13.2 Å². The fourth-order valence-electron chi connectivity index (χ4n) is 2.19. The van der Waals surface area contributed by atoms with E-state index >= 15 is 0 Å². The summed E-state index contributed by atoms with van der Waals surface area (Å²) in [6.07, 6.45) is -5.05. The van der Waals surface area contributed by atoms with Crippen LogP contribution in [0.4, 0.5) is 18.9 Å². The maximum Gasteiger partial charge on any atom is 0.423 e. The zero-order chi connectivity index (χ0) is 19.4. The predicted octanol–water partition coefficient (Wildman–Crippen LogP) is 2.50. The van der Waals surface area contributed by atoms with E-state index in [2.05, 4.69) is 5.32 Å². The normalized spacial score (nSPS) is 13.6. The van der Waals surface area contributed by atoms with E-state index < -0.39 is 35.7 Å². The summed E-state index contributed by atoms with van der Waals surface area (Å²) < 4.78 is 40.0. The summed E-state index contributed by atoms with van der Waals surface area (Å²) in [6, 6.07) is 12.8. The van der Waals surface area contributed by atoms with Crippen LogP contribution < -0.4 is 10.6 Å². The molecule has 0 aliphatic carbocycles. The number of hydrogen-bond donors (Lipinski definition) is 3. The molecular weight excluding hydrogens is 349 g/mol. The summed E-state index contributed by atoms with van der Waals surface area (Å²) in [5.74, 6) is -2.42. The summed E-state index contributed by atoms with van der Waals surface area (Å²) in [6.45, 7) is 0.639. The fraction of sp³-hybridized carbons (Fsp3) is 0.222. The molecule has 0 saturated heterocycles. The summed E-state index contributed by atoms with van der Waals surface area (Å²) in [5, 5.41) is 14.2. The number of hydrogen-bond acceptors (Lipinski definition) is 3. The Balaban J connectivity index is 2.07. The lowest BCUT2D eigenvalue weighted by Gasteiger charge is -2.31. The molecular formula is C18H17F3N2O3. The van der Waals surface area contributed by atoms with Crippen molar-refractivity contribution in [3.05, 3.63) is 65.7 Å². The SMILES string of the molecule is Cc1ccc(NC(=O)C(=O)NCC(O)(c2ccccc2)C(F)(F)F)cc1. The summed E-state index contributed by atoms with van der Waals surface area (Å²) in [7, 11) is 0. The predicted molar refractivity (Wildman–Crippen MR) is 89.2 cm³/mol. The highest BCUT2D eigenvalue weighted by molar-refractivity contribution is 6.39. The summed E-state index contributed by atoms with van der Waals surface area (Å²) in [4.78, 5) is 23.6. The lowest BCUT2D eigenvalue weighted by molar-refractivity contribution is -0.264. The summed E-state index contributed by atoms with van der Waals surface area (Å²) >= 11 is 0. The molecule has 5 nitrogen and oxygen atoms in total. The maximum atomic E-state index is 13.3. The standard InChI is InChI=1S/C18H17F3N2O3/c1-12-7-9-14(10-8-12)23-16(25)15(24)22-11-17(26,18(19,20)21)13-5-3-2-4-6-13/h2-10,26H,11H2,1H3,(H,22,24)(H,23,25). The van der Waals surface area contributed by atoms with E-state index in [1.807, 2.05) is 12.2 Å². The number of halogens is 3. The average Bonchev–Trinajstić information content (AvgIpc) is 2.61. The minimum absolute atomic E-state index is 0.324. The quantitative estimate of drug-likeness (QED) is 0.728. The van der Waals surface area contributed by atoms with Crippen LogP contribution in [0.5, 0.6) is 0 Å². The van der Waals surface area contributed by atoms with Crippen molar-refractivity contribution < 1.29 is 27.9 Å². The van der Waals surface area contributed by atoms with Crippen LogP contribution >= 0.6 is 0 Å². The minimum atomic E-state index is -5.05. The molecule has 2 aromatic rings. The molecule has 0 fully saturated rings. The van der Waals surface area contributed by atoms with Crippen molar-refractivity contribution in [1.29, 1.82) is 0 Å². The van der Waals surface area contributed by atoms with E-state index in [9.17, 15) is 27.9 Å². The maximum absolute atomic E-state index is 13.3. The van der Waals surface area contributed by atoms with E-state index in [-0.39, 0.29) is 0 Å². The number of amides is 2. The molecule has 138 valence electrons. The van der Waals surface area contributed by atoms with Crippen LogP contribution in [0.2, 0.25) is 0 Å². The largest absolute Gasteiger partial charge is 0.423 e. The third-order valence-corrected chi connectivity index (χ3v) is 3.74. The Labute approximate surface area is 147 Å². The molecule has 0 aromatic heterocycles. The van der Waals surface area contributed by atoms with Gasteiger partial charge in [-0.15, -0.1) is 0 Å². The lowest BCUT2D eigenvalue weighted by Crippen LogP contribution is -2.52. The van der Waals surface area contributed by atoms with E-state index in [0.717, 1.165) is 17.7 Å². The van der Waals surface area contributed by atoms with Gasteiger partial charge in [-0.1, -0.05) is 48.0 Å². The van der Waals surface area contributed by atoms with Crippen LogP contribution in [0.15, 0.2) is 54.6 Å². The zero-order valence-corrected chi connectivity index (χ0v) is 13.8. The van der Waals surface area contributed by atoms with Crippen molar-refractivity contribution in [2.24, 2.45) is 0 Å². The van der Waals surface area contributed by atoms with E-state index in [1.165, 1.54) is 18.2 Å². The van der Waals surface area contributed by atoms with Crippen molar-refractivity contribution in [2.75, 3.05) is 11.9 Å². The highest BCUT2D eigenvalue weighted by Crippen LogP contribution is 2.38. The van der Waals surface area contributed by atoms with Gasteiger partial charge in [0.15, 0.2) is 0 Å². The average molecular weight is 366 g/mol. The first-order chi connectivity index (χ1) is 12.1. The van der Waals surface area contributed by atoms with E-state index in [1.54, 1.807) is 24.3 Å². The second kappa shape index (κ2) is 7.57. The number of aryl methyl sites for hydroxylation is 1. The zero-order valence-electron chi connectivity index (χ0n) is 13.8. The van der Waals surface area contributed by atoms with E-state index in [4.69, 9.17) is 0 Å². The molecule has 1 unspecified atom stereocenters. The first-order valence-electron chi connectivity index (χ1n) is 7.64. The van der Waals surface area contributed by atoms with Crippen molar-refractivity contribution in [3.8, 4) is 0 Å². The molecule has 0 heterocycles. The van der Waals surface area contributed by atoms with Gasteiger partial charge in [-0.3, -0.25) is 9.59 Å². The minimum Gasteiger partial charge on any atom is -0.375 e. The molecule has 26 heavy (non-hydrogen) atoms. The van der Waals surface area contributed by atoms with E-state index in [0.29, 0.717) is 5.69 Å². The number of anilines is 1. The highest BCUT2D eigenvalue weighted by Gasteiger charge is 2.55. The highest BCUT2D eigenvalue weighted by atomic mass is 19.4. The van der Waals surface area contributed by atoms with Crippen molar-refractivity contribution in [3.63, 3.8) is 0 Å². The molecule has 8 heteroatoms. The Bertz CT molecular complexity index is 777. The molecule has 3 N–H and O–H groups in total. The van der Waals surface area contributed by atoms with Gasteiger partial charge >= 0.3 is 18.0 Å². The number of aliphatic hydroxyl groups is 1. The molecule has 0 radical (unpaired) electrons. The van der Waals surface area contributed by atoms with Gasteiger partial charge in [0.2, 0.25) is 5.60 Å². The van der Waals surface area contributed by atoms with Crippen LogP contribution in [0.1, 0.15) is 11.1 Å². The molecule has 0 aliphatic heterocycles. The third kappa shape index (κ3) is 4.40. The van der Waals surface area contributed by atoms with Gasteiger partial charge in [-0.25, -0.2) is 0 Å². The molecule has 2 aromatic carbocycles. The molecule has 2 rings (SSSR count). The second-order valence-electron chi connectivity index (χ2n) is 5.73. The molecule has 0 bridgehead atoms. The van der Waals surface area contributed by atoms with Crippen LogP contribution in [0, 0.1) is 6.92 Å². The molecule has 1 atom stereocenters. The van der Waals surface area contributed by atoms with Gasteiger partial charge in [0.1, 0.15) is 0 Å². The van der Waals surface area contributed by atoms with Crippen molar-refractivity contribution >= 4 is 17.5 Å². The van der Waals surface area contributed by atoms with Gasteiger partial charge in [0.25, 0.3) is 0 Å². The first-order valence-corrected chi connectivity index (χ1v) is 7.64. The molecule has 2 amide bonds. The van der Waals surface area contributed by atoms with Crippen molar-refractivity contribution in [2.45, 2.75) is 18.7 Å². The third-order valence-electron chi connectivity index (χ3n) is 3.74. The van der Waals surface area contributed by atoms with Crippen LogP contribution in [-0.4, -0.2) is 29.6 Å². The van der Waals surface area contributed by atoms with Gasteiger partial charge in [0, 0.05) is 5.69 Å². The molecule has 0 spiro atoms. The number of carbonyl (C=O) groups is 2. The van der Waals surface area contributed by atoms with Crippen molar-refractivity contribution in [1.82, 2.24) is 5.32 Å². The first kappa shape index (κ1) is 19.5. The van der Waals surface area contributed by atoms with Gasteiger partial charge in [-0.05, 0) is 24.6 Å². The van der Waals surface area contributed by atoms with Crippen LogP contribution in [0.3, 0.4) is 0 Å². The Hall–Kier alpha value is -2.87. The Morgan fingerprint density at radius 1 is 0.962 bits per heavy atom. The molecule has 0 aliphatic rings. The number of benzene rings is 2. The van der Waals surface area contributed by atoms with Crippen LogP contribution in [0.25, 0.3) is 0 Å². The fourth-order valence-corrected chi connectivity index (χ4v) is 2.19. The smallest absolute Gasteiger partial charge is 0.375 e. The Kier molecular flexibility index (Phi) is 5.66. The monoisotopic (exact) mass is 366 g/mol. The van der Waals surface area contributed by atoms with Crippen LogP contribution in [-0.2, 0) is 15.2 Å². The van der Waals surface area contributed by atoms with Gasteiger partial charge in [0.05, 0.1) is 6.54 Å². The Morgan fingerprint density at radius 3 is 2.08 bits per heavy atom. The number of nitrogens with one attached hydrogen (secondary N) is 2. The summed E-state index contributed by atoms with van der Waals surface area (Å²) in [5.41, 5.74) is -2.49.